The number of carbonyl (C=O) groups is 1. The van der Waals surface area contributed by atoms with E-state index in [4.69, 9.17) is 0 Å². The van der Waals surface area contributed by atoms with Crippen LogP contribution in [0.5, 0.6) is 0 Å². The molecule has 32 heavy (non-hydrogen) atoms. The number of hydrogen-bond acceptors (Lipinski definition) is 6. The monoisotopic (exact) mass is 441 g/mol. The average molecular weight is 441 g/mol. The summed E-state index contributed by atoms with van der Waals surface area (Å²) in [5, 5.41) is 4.11. The molecule has 0 saturated carbocycles. The number of piperazine rings is 1. The van der Waals surface area contributed by atoms with Gasteiger partial charge >= 0.3 is 6.18 Å². The zero-order valence-electron chi connectivity index (χ0n) is 17.0. The Bertz CT molecular complexity index is 1330. The van der Waals surface area contributed by atoms with Crippen LogP contribution in [0.3, 0.4) is 0 Å². The molecule has 11 heteroatoms. The molecule has 1 aliphatic heterocycles. The highest BCUT2D eigenvalue weighted by atomic mass is 19.4. The third kappa shape index (κ3) is 3.39. The Hall–Kier alpha value is -3.76. The van der Waals surface area contributed by atoms with Crippen molar-refractivity contribution in [2.24, 2.45) is 0 Å². The molecule has 1 saturated heterocycles. The van der Waals surface area contributed by atoms with Crippen LogP contribution in [-0.4, -0.2) is 61.6 Å². The molecule has 164 valence electrons. The van der Waals surface area contributed by atoms with Gasteiger partial charge in [0, 0.05) is 49.5 Å². The molecule has 0 unspecified atom stereocenters. The Balaban J connectivity index is 1.43. The minimum absolute atomic E-state index is 0.0784. The summed E-state index contributed by atoms with van der Waals surface area (Å²) in [6, 6.07) is 7.83. The Morgan fingerprint density at radius 2 is 1.81 bits per heavy atom. The van der Waals surface area contributed by atoms with E-state index >= 15 is 0 Å². The predicted octanol–water partition coefficient (Wildman–Crippen LogP) is 2.96. The number of aryl methyl sites for hydroxylation is 1. The number of halogens is 3. The lowest BCUT2D eigenvalue weighted by Crippen LogP contribution is -2.49. The van der Waals surface area contributed by atoms with E-state index in [1.54, 1.807) is 10.6 Å². The van der Waals surface area contributed by atoms with Crippen LogP contribution in [0, 0.1) is 6.92 Å². The molecule has 1 amide bonds. The van der Waals surface area contributed by atoms with Gasteiger partial charge in [-0.3, -0.25) is 9.78 Å². The van der Waals surface area contributed by atoms with Crippen molar-refractivity contribution in [1.82, 2.24) is 29.5 Å². The van der Waals surface area contributed by atoms with Crippen molar-refractivity contribution >= 4 is 28.4 Å². The summed E-state index contributed by atoms with van der Waals surface area (Å²) in [4.78, 5) is 29.1. The summed E-state index contributed by atoms with van der Waals surface area (Å²) in [5.74, 6) is 0.572. The molecule has 8 nitrogen and oxygen atoms in total. The molecule has 0 atom stereocenters. The van der Waals surface area contributed by atoms with Crippen LogP contribution < -0.4 is 4.90 Å². The highest BCUT2D eigenvalue weighted by Crippen LogP contribution is 2.37. The van der Waals surface area contributed by atoms with Crippen LogP contribution >= 0.6 is 0 Å². The number of anilines is 1. The molecule has 3 aromatic heterocycles. The Labute approximate surface area is 180 Å². The smallest absolute Gasteiger partial charge is 0.353 e. The lowest BCUT2D eigenvalue weighted by atomic mass is 10.0. The largest absolute Gasteiger partial charge is 0.417 e. The van der Waals surface area contributed by atoms with Crippen molar-refractivity contribution in [3.63, 3.8) is 0 Å². The molecular formula is C21H18F3N7O. The fourth-order valence-corrected chi connectivity index (χ4v) is 4.05. The first-order valence-electron chi connectivity index (χ1n) is 9.99. The third-order valence-electron chi connectivity index (χ3n) is 5.54. The van der Waals surface area contributed by atoms with E-state index in [-0.39, 0.29) is 24.0 Å². The standard InChI is InChI=1S/C21H18F3N7O/c1-13-10-17(31-20(28-13)26-12-27-31)29-6-8-30(9-7-29)19(32)15-11-25-16-5-3-2-4-14(16)18(15)21(22,23)24/h2-5,10-12H,6-9H2,1H3. The first-order valence-corrected chi connectivity index (χ1v) is 9.99. The SMILES string of the molecule is Cc1cc(N2CCN(C(=O)c3cnc4ccccc4c3C(F)(F)F)CC2)n2ncnc2n1. The van der Waals surface area contributed by atoms with Gasteiger partial charge in [-0.1, -0.05) is 18.2 Å². The fourth-order valence-electron chi connectivity index (χ4n) is 4.05. The maximum atomic E-state index is 13.9. The van der Waals surface area contributed by atoms with E-state index in [1.165, 1.54) is 29.4 Å². The van der Waals surface area contributed by atoms with Crippen molar-refractivity contribution in [3.05, 3.63) is 59.7 Å². The van der Waals surface area contributed by atoms with Crippen LogP contribution in [0.4, 0.5) is 19.0 Å². The number of alkyl halides is 3. The number of para-hydroxylation sites is 1. The van der Waals surface area contributed by atoms with E-state index in [2.05, 4.69) is 20.1 Å². The zero-order chi connectivity index (χ0) is 22.5. The quantitative estimate of drug-likeness (QED) is 0.476. The zero-order valence-corrected chi connectivity index (χ0v) is 17.0. The molecular weight excluding hydrogens is 423 g/mol. The van der Waals surface area contributed by atoms with E-state index in [9.17, 15) is 18.0 Å². The Kier molecular flexibility index (Phi) is 4.68. The summed E-state index contributed by atoms with van der Waals surface area (Å²) in [7, 11) is 0. The molecule has 1 fully saturated rings. The number of pyridine rings is 1. The highest BCUT2D eigenvalue weighted by molar-refractivity contribution is 6.00. The third-order valence-corrected chi connectivity index (χ3v) is 5.54. The average Bonchev–Trinajstić information content (AvgIpc) is 3.25. The number of aromatic nitrogens is 5. The van der Waals surface area contributed by atoms with Gasteiger partial charge in [0.05, 0.1) is 16.6 Å². The maximum Gasteiger partial charge on any atom is 0.417 e. The number of hydrogen-bond donors (Lipinski definition) is 0. The van der Waals surface area contributed by atoms with Crippen molar-refractivity contribution < 1.29 is 18.0 Å². The number of fused-ring (bicyclic) bond motifs is 2. The van der Waals surface area contributed by atoms with E-state index in [0.717, 1.165) is 17.7 Å². The molecule has 0 spiro atoms. The molecule has 0 radical (unpaired) electrons. The fraction of sp³-hybridized carbons (Fsp3) is 0.286. The van der Waals surface area contributed by atoms with Crippen molar-refractivity contribution in [3.8, 4) is 0 Å². The van der Waals surface area contributed by atoms with Crippen LogP contribution in [0.25, 0.3) is 16.7 Å². The van der Waals surface area contributed by atoms with Crippen LogP contribution in [0.15, 0.2) is 42.9 Å². The van der Waals surface area contributed by atoms with Crippen molar-refractivity contribution in [1.29, 1.82) is 0 Å². The van der Waals surface area contributed by atoms with Gasteiger partial charge in [-0.25, -0.2) is 4.98 Å². The lowest BCUT2D eigenvalue weighted by Gasteiger charge is -2.36. The normalized spacial score (nSPS) is 15.0. The highest BCUT2D eigenvalue weighted by Gasteiger charge is 2.39. The number of rotatable bonds is 2. The van der Waals surface area contributed by atoms with Crippen LogP contribution in [-0.2, 0) is 6.18 Å². The molecule has 0 aliphatic carbocycles. The second-order valence-electron chi connectivity index (χ2n) is 7.57. The topological polar surface area (TPSA) is 79.5 Å². The second-order valence-corrected chi connectivity index (χ2v) is 7.57. The maximum absolute atomic E-state index is 13.9. The molecule has 0 N–H and O–H groups in total. The van der Waals surface area contributed by atoms with Gasteiger partial charge in [0.2, 0.25) is 0 Å². The second kappa shape index (κ2) is 7.43. The predicted molar refractivity (Wildman–Crippen MR) is 110 cm³/mol. The van der Waals surface area contributed by atoms with Gasteiger partial charge in [0.25, 0.3) is 11.7 Å². The van der Waals surface area contributed by atoms with Gasteiger partial charge in [0.15, 0.2) is 0 Å². The molecule has 4 heterocycles. The van der Waals surface area contributed by atoms with Gasteiger partial charge in [-0.05, 0) is 13.0 Å². The Morgan fingerprint density at radius 1 is 1.06 bits per heavy atom. The van der Waals surface area contributed by atoms with E-state index in [1.807, 2.05) is 17.9 Å². The van der Waals surface area contributed by atoms with Gasteiger partial charge in [0.1, 0.15) is 12.1 Å². The first kappa shape index (κ1) is 20.2. The van der Waals surface area contributed by atoms with Crippen molar-refractivity contribution in [2.75, 3.05) is 31.1 Å². The number of amides is 1. The summed E-state index contributed by atoms with van der Waals surface area (Å²) in [6.45, 7) is 3.25. The summed E-state index contributed by atoms with van der Waals surface area (Å²) in [5.41, 5.74) is -0.394. The summed E-state index contributed by atoms with van der Waals surface area (Å²) in [6.07, 6.45) is -2.23. The van der Waals surface area contributed by atoms with Gasteiger partial charge < -0.3 is 9.80 Å². The summed E-state index contributed by atoms with van der Waals surface area (Å²) >= 11 is 0. The number of benzene rings is 1. The molecule has 4 aromatic rings. The van der Waals surface area contributed by atoms with Gasteiger partial charge in [-0.2, -0.15) is 27.8 Å². The lowest BCUT2D eigenvalue weighted by molar-refractivity contribution is -0.136. The minimum atomic E-state index is -4.68. The molecule has 1 aromatic carbocycles. The Morgan fingerprint density at radius 3 is 2.56 bits per heavy atom. The molecule has 0 bridgehead atoms. The van der Waals surface area contributed by atoms with Crippen LogP contribution in [0.2, 0.25) is 0 Å². The molecule has 5 rings (SSSR count). The minimum Gasteiger partial charge on any atom is -0.353 e. The first-order chi connectivity index (χ1) is 15.3. The number of carbonyl (C=O) groups excluding carboxylic acids is 1. The van der Waals surface area contributed by atoms with Crippen molar-refractivity contribution in [2.45, 2.75) is 13.1 Å². The number of nitrogens with zero attached hydrogens (tertiary/aromatic N) is 7. The van der Waals surface area contributed by atoms with E-state index in [0.29, 0.717) is 18.9 Å². The van der Waals surface area contributed by atoms with Gasteiger partial charge in [-0.15, -0.1) is 0 Å². The van der Waals surface area contributed by atoms with E-state index < -0.39 is 23.2 Å². The van der Waals surface area contributed by atoms with Crippen LogP contribution in [0.1, 0.15) is 21.6 Å². The summed E-state index contributed by atoms with van der Waals surface area (Å²) < 4.78 is 43.4. The molecule has 1 aliphatic rings.